The van der Waals surface area contributed by atoms with E-state index in [1.807, 2.05) is 0 Å². The van der Waals surface area contributed by atoms with Gasteiger partial charge in [0.1, 0.15) is 0 Å². The maximum atomic E-state index is 9.13. The molecule has 3 heteroatoms. The van der Waals surface area contributed by atoms with Crippen LogP contribution in [0.1, 0.15) is 0 Å². The summed E-state index contributed by atoms with van der Waals surface area (Å²) in [5.74, 6) is 0.227. The molecule has 2 nitrogen and oxygen atoms in total. The first-order chi connectivity index (χ1) is 2.27. The third-order valence-corrected chi connectivity index (χ3v) is 0.123. The van der Waals surface area contributed by atoms with Crippen LogP contribution in [0.4, 0.5) is 0 Å². The van der Waals surface area contributed by atoms with Crippen LogP contribution in [0, 0.1) is 19.8 Å². The van der Waals surface area contributed by atoms with Crippen molar-refractivity contribution in [1.82, 2.24) is 0 Å². The molecule has 0 atom stereocenters. The summed E-state index contributed by atoms with van der Waals surface area (Å²) in [6, 6.07) is 0. The van der Waals surface area contributed by atoms with E-state index in [0.717, 1.165) is 0 Å². The zero-order valence-electron chi connectivity index (χ0n) is 4.43. The first-order valence-corrected chi connectivity index (χ1v) is 0.966. The van der Waals surface area contributed by atoms with E-state index in [0.29, 0.717) is 0 Å². The second-order valence-corrected chi connectivity index (χ2v) is 0.449. The maximum absolute atomic E-state index is 9.13. The van der Waals surface area contributed by atoms with Gasteiger partial charge in [-0.3, -0.25) is 0 Å². The van der Waals surface area contributed by atoms with Crippen LogP contribution < -0.4 is 18.9 Å². The number of carboxylic acids is 1. The second kappa shape index (κ2) is 9.16. The van der Waals surface area contributed by atoms with E-state index < -0.39 is 5.97 Å². The van der Waals surface area contributed by atoms with Crippen molar-refractivity contribution < 1.29 is 28.8 Å². The number of rotatable bonds is 0. The van der Waals surface area contributed by atoms with Gasteiger partial charge in [-0.05, 0) is 0 Å². The summed E-state index contributed by atoms with van der Waals surface area (Å²) in [4.78, 5) is 9.13. The summed E-state index contributed by atoms with van der Waals surface area (Å²) in [6.45, 7) is 0. The van der Waals surface area contributed by atoms with Crippen molar-refractivity contribution in [1.29, 1.82) is 0 Å². The molecule has 0 aromatic carbocycles. The minimum absolute atomic E-state index is 0. The fourth-order valence-electron chi connectivity index (χ4n) is 0. The monoisotopic (exact) mass is 92.0 g/mol. The van der Waals surface area contributed by atoms with Crippen LogP contribution in [0.15, 0.2) is 0 Å². The smallest absolute Gasteiger partial charge is 0.472 e. The molecule has 0 rings (SSSR count). The van der Waals surface area contributed by atoms with Gasteiger partial charge in [0, 0.05) is 5.92 Å². The minimum atomic E-state index is -1.22. The Bertz CT molecular complexity index is 82.2. The molecule has 0 spiro atoms. The number of carboxylic acid groups (broad SMARTS) is 1. The summed E-state index contributed by atoms with van der Waals surface area (Å²) >= 11 is 0. The van der Waals surface area contributed by atoms with Crippen molar-refractivity contribution in [3.63, 3.8) is 0 Å². The van der Waals surface area contributed by atoms with Gasteiger partial charge in [-0.15, -0.1) is 6.42 Å². The fraction of sp³-hybridized carbons (Fsp3) is 0. The van der Waals surface area contributed by atoms with E-state index in [9.17, 15) is 0 Å². The molecule has 0 aliphatic carbocycles. The largest absolute Gasteiger partial charge is 1.00 e. The Balaban J connectivity index is -0.0000000800. The molecular formula is C4H5LiO2. The molecule has 0 radical (unpaired) electrons. The van der Waals surface area contributed by atoms with Crippen LogP contribution >= 0.6 is 0 Å². The number of carbonyl (C=O) groups is 1. The fourth-order valence-corrected chi connectivity index (χ4v) is 0. The Morgan fingerprint density at radius 2 is 1.86 bits per heavy atom. The molecule has 0 aliphatic rings. The van der Waals surface area contributed by atoms with Gasteiger partial charge in [0.2, 0.25) is 0 Å². The number of terminal acetylenes is 1. The second-order valence-electron chi connectivity index (χ2n) is 0.449. The van der Waals surface area contributed by atoms with Gasteiger partial charge in [-0.1, -0.05) is 0 Å². The Hall–Kier alpha value is -0.373. The topological polar surface area (TPSA) is 37.3 Å². The summed E-state index contributed by atoms with van der Waals surface area (Å²) in [5.41, 5.74) is 0. The third-order valence-electron chi connectivity index (χ3n) is 0.123. The van der Waals surface area contributed by atoms with Crippen LogP contribution in [0.5, 0.6) is 0 Å². The Labute approximate surface area is 55.1 Å². The quantitative estimate of drug-likeness (QED) is 0.198. The van der Waals surface area contributed by atoms with Crippen molar-refractivity contribution >= 4 is 5.97 Å². The van der Waals surface area contributed by atoms with Crippen LogP contribution in [0.25, 0.3) is 0 Å². The molecule has 1 N–H and O–H groups in total. The molecule has 0 bridgehead atoms. The van der Waals surface area contributed by atoms with E-state index in [2.05, 4.69) is 6.42 Å². The van der Waals surface area contributed by atoms with Crippen LogP contribution in [-0.2, 0) is 4.79 Å². The van der Waals surface area contributed by atoms with Gasteiger partial charge in [0.25, 0.3) is 0 Å². The van der Waals surface area contributed by atoms with Gasteiger partial charge in [0.05, 0.1) is 0 Å². The average molecular weight is 92.0 g/mol. The van der Waals surface area contributed by atoms with Crippen LogP contribution in [-0.4, -0.2) is 11.1 Å². The summed E-state index contributed by atoms with van der Waals surface area (Å²) in [5, 5.41) is 7.49. The predicted molar refractivity (Wildman–Crippen MR) is 22.9 cm³/mol. The summed E-state index contributed by atoms with van der Waals surface area (Å²) < 4.78 is 0. The molecule has 0 unspecified atom stereocenters. The molecule has 0 fully saturated rings. The first-order valence-electron chi connectivity index (χ1n) is 0.966. The number of aliphatic carboxylic acids is 1. The molecule has 0 saturated carbocycles. The summed E-state index contributed by atoms with van der Waals surface area (Å²) in [7, 11) is 0. The van der Waals surface area contributed by atoms with E-state index in [4.69, 9.17) is 9.90 Å². The van der Waals surface area contributed by atoms with Crippen molar-refractivity contribution in [3.8, 4) is 12.3 Å². The standard InChI is InChI=1S/C3H2O2.CH3.Li/c1-2-3(4)5;;/h1H,(H,4,5);1H3;/q;-1;+1. The zero-order valence-corrected chi connectivity index (χ0v) is 4.43. The van der Waals surface area contributed by atoms with Gasteiger partial charge in [-0.2, -0.15) is 0 Å². The predicted octanol–water partition coefficient (Wildman–Crippen LogP) is -2.84. The average Bonchev–Trinajstić information content (AvgIpc) is 1.38. The molecule has 0 aromatic rings. The molecule has 34 valence electrons. The van der Waals surface area contributed by atoms with Gasteiger partial charge in [-0.25, -0.2) is 4.79 Å². The normalized spacial score (nSPS) is 3.86. The van der Waals surface area contributed by atoms with E-state index in [-0.39, 0.29) is 26.3 Å². The minimum Gasteiger partial charge on any atom is -0.472 e. The van der Waals surface area contributed by atoms with E-state index in [1.54, 1.807) is 0 Å². The number of hydrogen-bond acceptors (Lipinski definition) is 1. The van der Waals surface area contributed by atoms with Gasteiger partial charge < -0.3 is 12.5 Å². The summed E-state index contributed by atoms with van der Waals surface area (Å²) in [6.07, 6.45) is 4.32. The van der Waals surface area contributed by atoms with Gasteiger partial charge in [0.15, 0.2) is 0 Å². The zero-order chi connectivity index (χ0) is 4.28. The maximum Gasteiger partial charge on any atom is 1.00 e. The molecule has 0 aromatic heterocycles. The van der Waals surface area contributed by atoms with Crippen LogP contribution in [0.3, 0.4) is 0 Å². The Kier molecular flexibility index (Phi) is 20.9. The van der Waals surface area contributed by atoms with Crippen molar-refractivity contribution in [2.24, 2.45) is 0 Å². The first kappa shape index (κ1) is 16.0. The van der Waals surface area contributed by atoms with Crippen LogP contribution in [0.2, 0.25) is 0 Å². The Morgan fingerprint density at radius 3 is 1.86 bits per heavy atom. The van der Waals surface area contributed by atoms with E-state index >= 15 is 0 Å². The number of hydrogen-bond donors (Lipinski definition) is 1. The van der Waals surface area contributed by atoms with Crippen molar-refractivity contribution in [2.75, 3.05) is 0 Å². The molecule has 0 saturated heterocycles. The molecular weight excluding hydrogens is 87.0 g/mol. The van der Waals surface area contributed by atoms with E-state index in [1.165, 1.54) is 5.92 Å². The molecule has 0 aliphatic heterocycles. The molecule has 7 heavy (non-hydrogen) atoms. The SMILES string of the molecule is C#CC(=O)O.[CH3-].[Li+]. The van der Waals surface area contributed by atoms with Crippen molar-refractivity contribution in [2.45, 2.75) is 0 Å². The molecule has 0 heterocycles. The van der Waals surface area contributed by atoms with Gasteiger partial charge >= 0.3 is 24.8 Å². The van der Waals surface area contributed by atoms with Crippen molar-refractivity contribution in [3.05, 3.63) is 7.43 Å². The third kappa shape index (κ3) is 28.0. The molecule has 0 amide bonds. The Morgan fingerprint density at radius 1 is 1.71 bits per heavy atom.